The number of nitrogens with one attached hydrogen (secondary N) is 1. The summed E-state index contributed by atoms with van der Waals surface area (Å²) in [5, 5.41) is 0.761. The number of thioether (sulfide) groups is 1. The summed E-state index contributed by atoms with van der Waals surface area (Å²) in [6, 6.07) is 5.19. The van der Waals surface area contributed by atoms with Crippen LogP contribution < -0.4 is 5.56 Å². The molecule has 0 aliphatic carbocycles. The Morgan fingerprint density at radius 2 is 2.12 bits per heavy atom. The topological polar surface area (TPSA) is 79.0 Å². The van der Waals surface area contributed by atoms with Gasteiger partial charge < -0.3 is 9.88 Å². The van der Waals surface area contributed by atoms with E-state index in [0.29, 0.717) is 24.5 Å². The molecule has 1 N–H and O–H groups in total. The molecule has 0 aromatic carbocycles. The highest BCUT2D eigenvalue weighted by molar-refractivity contribution is 7.98. The van der Waals surface area contributed by atoms with Crippen LogP contribution in [-0.4, -0.2) is 45.1 Å². The van der Waals surface area contributed by atoms with Gasteiger partial charge in [-0.05, 0) is 38.2 Å². The van der Waals surface area contributed by atoms with E-state index in [-0.39, 0.29) is 17.4 Å². The van der Waals surface area contributed by atoms with Gasteiger partial charge in [0.15, 0.2) is 0 Å². The van der Waals surface area contributed by atoms with E-state index < -0.39 is 0 Å². The Morgan fingerprint density at radius 1 is 1.38 bits per heavy atom. The SMILES string of the molecule is CSc1ncccc1C(=O)N1CCC(c2cc(=O)[nH]c(C)n2)CC1. The molecule has 0 bridgehead atoms. The molecule has 2 aromatic heterocycles. The molecule has 0 atom stereocenters. The van der Waals surface area contributed by atoms with Gasteiger partial charge >= 0.3 is 0 Å². The first-order chi connectivity index (χ1) is 11.6. The maximum Gasteiger partial charge on any atom is 0.256 e. The van der Waals surface area contributed by atoms with Crippen molar-refractivity contribution < 1.29 is 4.79 Å². The molecule has 126 valence electrons. The molecule has 0 radical (unpaired) electrons. The Balaban J connectivity index is 1.70. The quantitative estimate of drug-likeness (QED) is 0.864. The molecular formula is C17H20N4O2S. The Morgan fingerprint density at radius 3 is 2.79 bits per heavy atom. The van der Waals surface area contributed by atoms with Gasteiger partial charge in [-0.2, -0.15) is 0 Å². The van der Waals surface area contributed by atoms with Gasteiger partial charge in [-0.3, -0.25) is 9.59 Å². The standard InChI is InChI=1S/C17H20N4O2S/c1-11-19-14(10-15(22)20-11)12-5-8-21(9-6-12)17(23)13-4-3-7-18-16(13)24-2/h3-4,7,10,12H,5-6,8-9H2,1-2H3,(H,19,20,22). The molecule has 1 saturated heterocycles. The molecule has 2 aromatic rings. The number of pyridine rings is 1. The van der Waals surface area contributed by atoms with E-state index in [1.165, 1.54) is 11.8 Å². The Bertz CT molecular complexity index is 797. The molecule has 3 heterocycles. The fourth-order valence-electron chi connectivity index (χ4n) is 3.08. The molecule has 24 heavy (non-hydrogen) atoms. The lowest BCUT2D eigenvalue weighted by molar-refractivity contribution is 0.0707. The van der Waals surface area contributed by atoms with Gasteiger partial charge in [0.2, 0.25) is 0 Å². The molecule has 1 fully saturated rings. The molecule has 1 aliphatic rings. The van der Waals surface area contributed by atoms with Crippen LogP contribution in [0.2, 0.25) is 0 Å². The zero-order valence-corrected chi connectivity index (χ0v) is 14.6. The number of hydrogen-bond acceptors (Lipinski definition) is 5. The van der Waals surface area contributed by atoms with E-state index in [1.807, 2.05) is 17.2 Å². The third-order valence-electron chi connectivity index (χ3n) is 4.28. The summed E-state index contributed by atoms with van der Waals surface area (Å²) in [5.74, 6) is 0.890. The van der Waals surface area contributed by atoms with Crippen molar-refractivity contribution >= 4 is 17.7 Å². The monoisotopic (exact) mass is 344 g/mol. The van der Waals surface area contributed by atoms with Gasteiger partial charge in [-0.1, -0.05) is 0 Å². The first-order valence-electron chi connectivity index (χ1n) is 7.94. The first kappa shape index (κ1) is 16.7. The third-order valence-corrected chi connectivity index (χ3v) is 4.99. The number of H-pyrrole nitrogens is 1. The highest BCUT2D eigenvalue weighted by Crippen LogP contribution is 2.28. The molecule has 0 saturated carbocycles. The van der Waals surface area contributed by atoms with Crippen LogP contribution in [0.25, 0.3) is 0 Å². The number of piperidine rings is 1. The van der Waals surface area contributed by atoms with Crippen LogP contribution in [0.15, 0.2) is 34.2 Å². The summed E-state index contributed by atoms with van der Waals surface area (Å²) in [5.41, 5.74) is 1.37. The number of rotatable bonds is 3. The lowest BCUT2D eigenvalue weighted by atomic mass is 9.93. The van der Waals surface area contributed by atoms with Gasteiger partial charge in [0.05, 0.1) is 11.3 Å². The number of nitrogens with zero attached hydrogens (tertiary/aromatic N) is 3. The van der Waals surface area contributed by atoms with E-state index in [4.69, 9.17) is 0 Å². The van der Waals surface area contributed by atoms with Crippen LogP contribution in [0.5, 0.6) is 0 Å². The van der Waals surface area contributed by atoms with Crippen molar-refractivity contribution in [3.63, 3.8) is 0 Å². The second-order valence-electron chi connectivity index (χ2n) is 5.88. The Labute approximate surface area is 144 Å². The van der Waals surface area contributed by atoms with Gasteiger partial charge in [-0.15, -0.1) is 11.8 Å². The van der Waals surface area contributed by atoms with Crippen molar-refractivity contribution in [2.45, 2.75) is 30.7 Å². The molecule has 7 heteroatoms. The number of carbonyl (C=O) groups is 1. The van der Waals surface area contributed by atoms with Gasteiger partial charge in [0, 0.05) is 31.3 Å². The van der Waals surface area contributed by atoms with Crippen LogP contribution in [0, 0.1) is 6.92 Å². The number of carbonyl (C=O) groups excluding carboxylic acids is 1. The predicted molar refractivity (Wildman–Crippen MR) is 93.5 cm³/mol. The fourth-order valence-corrected chi connectivity index (χ4v) is 3.62. The van der Waals surface area contributed by atoms with Crippen LogP contribution >= 0.6 is 11.8 Å². The second kappa shape index (κ2) is 7.17. The lowest BCUT2D eigenvalue weighted by Gasteiger charge is -2.32. The van der Waals surface area contributed by atoms with Gasteiger partial charge in [0.25, 0.3) is 11.5 Å². The van der Waals surface area contributed by atoms with E-state index in [0.717, 1.165) is 23.6 Å². The number of aromatic amines is 1. The number of hydrogen-bond donors (Lipinski definition) is 1. The van der Waals surface area contributed by atoms with Crippen LogP contribution in [0.3, 0.4) is 0 Å². The maximum atomic E-state index is 12.7. The van der Waals surface area contributed by atoms with Crippen molar-refractivity contribution in [2.24, 2.45) is 0 Å². The van der Waals surface area contributed by atoms with Gasteiger partial charge in [0.1, 0.15) is 10.9 Å². The zero-order valence-electron chi connectivity index (χ0n) is 13.8. The fraction of sp³-hybridized carbons (Fsp3) is 0.412. The van der Waals surface area contributed by atoms with Crippen LogP contribution in [0.1, 0.15) is 40.6 Å². The van der Waals surface area contributed by atoms with E-state index in [1.54, 1.807) is 25.3 Å². The minimum absolute atomic E-state index is 0.0287. The van der Waals surface area contributed by atoms with Crippen LogP contribution in [0.4, 0.5) is 0 Å². The number of likely N-dealkylation sites (tertiary alicyclic amines) is 1. The molecule has 3 rings (SSSR count). The van der Waals surface area contributed by atoms with Crippen molar-refractivity contribution in [1.82, 2.24) is 19.9 Å². The third kappa shape index (κ3) is 3.51. The van der Waals surface area contributed by atoms with Crippen molar-refractivity contribution in [3.8, 4) is 0 Å². The van der Waals surface area contributed by atoms with E-state index in [9.17, 15) is 9.59 Å². The molecule has 6 nitrogen and oxygen atoms in total. The summed E-state index contributed by atoms with van der Waals surface area (Å²) in [4.78, 5) is 37.6. The first-order valence-corrected chi connectivity index (χ1v) is 9.17. The molecular weight excluding hydrogens is 324 g/mol. The van der Waals surface area contributed by atoms with Crippen molar-refractivity contribution in [3.05, 3.63) is 51.8 Å². The highest BCUT2D eigenvalue weighted by Gasteiger charge is 2.27. The number of aryl methyl sites for hydroxylation is 1. The molecule has 0 spiro atoms. The molecule has 1 amide bonds. The smallest absolute Gasteiger partial charge is 0.256 e. The lowest BCUT2D eigenvalue weighted by Crippen LogP contribution is -2.38. The van der Waals surface area contributed by atoms with E-state index >= 15 is 0 Å². The van der Waals surface area contributed by atoms with Crippen molar-refractivity contribution in [2.75, 3.05) is 19.3 Å². The van der Waals surface area contributed by atoms with E-state index in [2.05, 4.69) is 15.0 Å². The molecule has 1 aliphatic heterocycles. The van der Waals surface area contributed by atoms with Crippen LogP contribution in [-0.2, 0) is 0 Å². The second-order valence-corrected chi connectivity index (χ2v) is 6.68. The molecule has 0 unspecified atom stereocenters. The highest BCUT2D eigenvalue weighted by atomic mass is 32.2. The summed E-state index contributed by atoms with van der Waals surface area (Å²) < 4.78 is 0. The van der Waals surface area contributed by atoms with Gasteiger partial charge in [-0.25, -0.2) is 9.97 Å². The average molecular weight is 344 g/mol. The Kier molecular flexibility index (Phi) is 4.99. The number of aromatic nitrogens is 3. The largest absolute Gasteiger partial charge is 0.339 e. The number of amides is 1. The summed E-state index contributed by atoms with van der Waals surface area (Å²) in [6.07, 6.45) is 5.26. The minimum Gasteiger partial charge on any atom is -0.339 e. The summed E-state index contributed by atoms with van der Waals surface area (Å²) >= 11 is 1.48. The Hall–Kier alpha value is -2.15. The maximum absolute atomic E-state index is 12.7. The average Bonchev–Trinajstić information content (AvgIpc) is 2.60. The summed E-state index contributed by atoms with van der Waals surface area (Å²) in [6.45, 7) is 3.12. The zero-order chi connectivity index (χ0) is 17.1. The normalized spacial score (nSPS) is 15.5. The minimum atomic E-state index is -0.115. The van der Waals surface area contributed by atoms with Crippen molar-refractivity contribution in [1.29, 1.82) is 0 Å². The predicted octanol–water partition coefficient (Wildman–Crippen LogP) is 2.22. The summed E-state index contributed by atoms with van der Waals surface area (Å²) in [7, 11) is 0.